The van der Waals surface area contributed by atoms with Crippen LogP contribution in [0.25, 0.3) is 0 Å². The Balaban J connectivity index is 0.000000291. The Kier molecular flexibility index (Phi) is 5.57. The van der Waals surface area contributed by atoms with E-state index in [9.17, 15) is 0 Å². The zero-order valence-corrected chi connectivity index (χ0v) is 6.17. The summed E-state index contributed by atoms with van der Waals surface area (Å²) in [6.07, 6.45) is 5.68. The third-order valence-electron chi connectivity index (χ3n) is 1.26. The smallest absolute Gasteiger partial charge is 0.0319 e. The zero-order chi connectivity index (χ0) is 7.11. The first-order valence-electron chi connectivity index (χ1n) is 3.18. The molecule has 54 valence electrons. The summed E-state index contributed by atoms with van der Waals surface area (Å²) in [5.74, 6) is 0. The molecule has 0 radical (unpaired) electrons. The molecule has 2 heteroatoms. The van der Waals surface area contributed by atoms with E-state index >= 15 is 0 Å². The SMILES string of the molecule is CN1CC=CCC1.CO. The van der Waals surface area contributed by atoms with E-state index in [4.69, 9.17) is 5.11 Å². The van der Waals surface area contributed by atoms with Crippen LogP contribution >= 0.6 is 0 Å². The number of nitrogens with zero attached hydrogens (tertiary/aromatic N) is 1. The lowest BCUT2D eigenvalue weighted by Crippen LogP contribution is -2.21. The van der Waals surface area contributed by atoms with Gasteiger partial charge in [0.25, 0.3) is 0 Å². The largest absolute Gasteiger partial charge is 0.400 e. The Morgan fingerprint density at radius 2 is 2.00 bits per heavy atom. The first-order valence-corrected chi connectivity index (χ1v) is 3.18. The van der Waals surface area contributed by atoms with Crippen LogP contribution in [0.4, 0.5) is 0 Å². The topological polar surface area (TPSA) is 23.5 Å². The molecule has 0 bridgehead atoms. The molecule has 0 fully saturated rings. The summed E-state index contributed by atoms with van der Waals surface area (Å²) in [5.41, 5.74) is 0. The van der Waals surface area contributed by atoms with Gasteiger partial charge in [-0.15, -0.1) is 0 Å². The fourth-order valence-electron chi connectivity index (χ4n) is 0.759. The minimum absolute atomic E-state index is 1.00. The van der Waals surface area contributed by atoms with Crippen molar-refractivity contribution in [3.05, 3.63) is 12.2 Å². The van der Waals surface area contributed by atoms with Crippen molar-refractivity contribution in [3.8, 4) is 0 Å². The fourth-order valence-corrected chi connectivity index (χ4v) is 0.759. The highest BCUT2D eigenvalue weighted by Crippen LogP contribution is 1.95. The van der Waals surface area contributed by atoms with Crippen LogP contribution in [0, 0.1) is 0 Å². The van der Waals surface area contributed by atoms with Crippen LogP contribution in [0.3, 0.4) is 0 Å². The molecule has 1 aliphatic heterocycles. The number of rotatable bonds is 0. The monoisotopic (exact) mass is 129 g/mol. The predicted octanol–water partition coefficient (Wildman–Crippen LogP) is 0.487. The predicted molar refractivity (Wildman–Crippen MR) is 39.4 cm³/mol. The van der Waals surface area contributed by atoms with Crippen LogP contribution in [-0.4, -0.2) is 37.3 Å². The van der Waals surface area contributed by atoms with Gasteiger partial charge >= 0.3 is 0 Å². The minimum atomic E-state index is 1.00. The summed E-state index contributed by atoms with van der Waals surface area (Å²) in [6.45, 7) is 2.37. The van der Waals surface area contributed by atoms with E-state index in [1.165, 1.54) is 13.0 Å². The van der Waals surface area contributed by atoms with Crippen LogP contribution < -0.4 is 0 Å². The maximum Gasteiger partial charge on any atom is 0.0319 e. The minimum Gasteiger partial charge on any atom is -0.400 e. The van der Waals surface area contributed by atoms with Gasteiger partial charge in [0.1, 0.15) is 0 Å². The molecule has 1 rings (SSSR count). The normalized spacial score (nSPS) is 18.6. The summed E-state index contributed by atoms with van der Waals surface area (Å²) < 4.78 is 0. The highest BCUT2D eigenvalue weighted by molar-refractivity contribution is 4.89. The maximum atomic E-state index is 7.00. The Morgan fingerprint density at radius 3 is 2.22 bits per heavy atom. The summed E-state index contributed by atoms with van der Waals surface area (Å²) in [4.78, 5) is 2.31. The molecule has 1 aliphatic rings. The Bertz CT molecular complexity index is 81.0. The Morgan fingerprint density at radius 1 is 1.33 bits per heavy atom. The summed E-state index contributed by atoms with van der Waals surface area (Å²) in [6, 6.07) is 0. The molecule has 0 amide bonds. The van der Waals surface area contributed by atoms with Crippen LogP contribution in [0.15, 0.2) is 12.2 Å². The van der Waals surface area contributed by atoms with Crippen molar-refractivity contribution in [3.63, 3.8) is 0 Å². The summed E-state index contributed by atoms with van der Waals surface area (Å²) in [5, 5.41) is 7.00. The van der Waals surface area contributed by atoms with E-state index in [-0.39, 0.29) is 0 Å². The number of hydrogen-bond acceptors (Lipinski definition) is 2. The molecular weight excluding hydrogens is 114 g/mol. The third kappa shape index (κ3) is 4.18. The number of likely N-dealkylation sites (N-methyl/N-ethyl adjacent to an activating group) is 1. The lowest BCUT2D eigenvalue weighted by Gasteiger charge is -2.15. The van der Waals surface area contributed by atoms with Gasteiger partial charge in [0.05, 0.1) is 0 Å². The van der Waals surface area contributed by atoms with Gasteiger partial charge in [0.15, 0.2) is 0 Å². The molecule has 1 N–H and O–H groups in total. The molecule has 0 aliphatic carbocycles. The quantitative estimate of drug-likeness (QED) is 0.481. The lowest BCUT2D eigenvalue weighted by atomic mass is 10.3. The van der Waals surface area contributed by atoms with Crippen molar-refractivity contribution in [2.45, 2.75) is 6.42 Å². The molecule has 1 heterocycles. The molecule has 0 aromatic rings. The molecule has 0 saturated carbocycles. The maximum absolute atomic E-state index is 7.00. The van der Waals surface area contributed by atoms with Gasteiger partial charge in [-0.05, 0) is 13.5 Å². The van der Waals surface area contributed by atoms with Gasteiger partial charge in [-0.25, -0.2) is 0 Å². The van der Waals surface area contributed by atoms with Crippen LogP contribution in [0.5, 0.6) is 0 Å². The van der Waals surface area contributed by atoms with Gasteiger partial charge in [0, 0.05) is 20.2 Å². The second kappa shape index (κ2) is 5.79. The van der Waals surface area contributed by atoms with Crippen molar-refractivity contribution in [1.82, 2.24) is 4.90 Å². The van der Waals surface area contributed by atoms with Gasteiger partial charge in [-0.2, -0.15) is 0 Å². The van der Waals surface area contributed by atoms with E-state index in [2.05, 4.69) is 24.1 Å². The molecular formula is C7H15NO. The summed E-state index contributed by atoms with van der Waals surface area (Å²) >= 11 is 0. The van der Waals surface area contributed by atoms with Crippen LogP contribution in [0.2, 0.25) is 0 Å². The second-order valence-corrected chi connectivity index (χ2v) is 2.02. The third-order valence-corrected chi connectivity index (χ3v) is 1.26. The molecule has 9 heavy (non-hydrogen) atoms. The highest BCUT2D eigenvalue weighted by atomic mass is 16.2. The lowest BCUT2D eigenvalue weighted by molar-refractivity contribution is 0.366. The summed E-state index contributed by atoms with van der Waals surface area (Å²) in [7, 11) is 3.14. The van der Waals surface area contributed by atoms with Gasteiger partial charge in [-0.3, -0.25) is 0 Å². The average molecular weight is 129 g/mol. The molecule has 0 saturated heterocycles. The number of aliphatic hydroxyl groups excluding tert-OH is 1. The highest BCUT2D eigenvalue weighted by Gasteiger charge is 1.95. The van der Waals surface area contributed by atoms with Crippen molar-refractivity contribution in [2.75, 3.05) is 27.2 Å². The van der Waals surface area contributed by atoms with Gasteiger partial charge in [0.2, 0.25) is 0 Å². The zero-order valence-electron chi connectivity index (χ0n) is 6.17. The Hall–Kier alpha value is -0.340. The van der Waals surface area contributed by atoms with Crippen molar-refractivity contribution in [1.29, 1.82) is 0 Å². The van der Waals surface area contributed by atoms with E-state index in [1.807, 2.05) is 0 Å². The Labute approximate surface area is 56.8 Å². The number of aliphatic hydroxyl groups is 1. The van der Waals surface area contributed by atoms with E-state index in [0.717, 1.165) is 13.7 Å². The van der Waals surface area contributed by atoms with Gasteiger partial charge in [-0.1, -0.05) is 12.2 Å². The molecule has 0 unspecified atom stereocenters. The molecule has 0 aromatic carbocycles. The van der Waals surface area contributed by atoms with Crippen molar-refractivity contribution in [2.24, 2.45) is 0 Å². The molecule has 2 nitrogen and oxygen atoms in total. The molecule has 0 aromatic heterocycles. The first kappa shape index (κ1) is 8.66. The van der Waals surface area contributed by atoms with Crippen LogP contribution in [0.1, 0.15) is 6.42 Å². The molecule has 0 atom stereocenters. The van der Waals surface area contributed by atoms with Gasteiger partial charge < -0.3 is 10.0 Å². The van der Waals surface area contributed by atoms with Crippen molar-refractivity contribution >= 4 is 0 Å². The second-order valence-electron chi connectivity index (χ2n) is 2.02. The molecule has 0 spiro atoms. The van der Waals surface area contributed by atoms with E-state index < -0.39 is 0 Å². The first-order chi connectivity index (χ1) is 4.39. The van der Waals surface area contributed by atoms with Crippen LogP contribution in [-0.2, 0) is 0 Å². The average Bonchev–Trinajstić information content (AvgIpc) is 1.94. The van der Waals surface area contributed by atoms with E-state index in [0.29, 0.717) is 0 Å². The standard InChI is InChI=1S/C6H11N.CH4O/c1-7-5-3-2-4-6-7;1-2/h2-3H,4-6H2,1H3;2H,1H3. The van der Waals surface area contributed by atoms with Crippen molar-refractivity contribution < 1.29 is 5.11 Å². The number of hydrogen-bond donors (Lipinski definition) is 1. The van der Waals surface area contributed by atoms with E-state index in [1.54, 1.807) is 0 Å². The fraction of sp³-hybridized carbons (Fsp3) is 0.714.